The second kappa shape index (κ2) is 6.88. The highest BCUT2D eigenvalue weighted by Crippen LogP contribution is 2.42. The van der Waals surface area contributed by atoms with Crippen molar-refractivity contribution in [3.05, 3.63) is 56.4 Å². The first-order chi connectivity index (χ1) is 15.2. The molecule has 0 aliphatic carbocycles. The molecule has 0 saturated heterocycles. The van der Waals surface area contributed by atoms with Gasteiger partial charge in [0.2, 0.25) is 0 Å². The van der Waals surface area contributed by atoms with Crippen LogP contribution in [0.4, 0.5) is 0 Å². The summed E-state index contributed by atoms with van der Waals surface area (Å²) >= 11 is 0. The number of aromatic nitrogens is 2. The predicted molar refractivity (Wildman–Crippen MR) is 118 cm³/mol. The highest BCUT2D eigenvalue weighted by atomic mass is 16.6. The number of rotatable bonds is 3. The van der Waals surface area contributed by atoms with E-state index in [2.05, 4.69) is 0 Å². The number of hydrogen-bond donors (Lipinski definition) is 2. The summed E-state index contributed by atoms with van der Waals surface area (Å²) in [6.45, 7) is 5.72. The molecule has 2 aromatic heterocycles. The average Bonchev–Trinajstić information content (AvgIpc) is 3.12. The minimum Gasteiger partial charge on any atom is -0.496 e. The van der Waals surface area contributed by atoms with Crippen LogP contribution in [0.3, 0.4) is 0 Å². The Labute approximate surface area is 184 Å². The fraction of sp³-hybridized carbons (Fsp3) is 0.375. The van der Waals surface area contributed by atoms with Crippen molar-refractivity contribution in [3.8, 4) is 17.1 Å². The third kappa shape index (κ3) is 2.59. The van der Waals surface area contributed by atoms with Crippen LogP contribution in [0.2, 0.25) is 0 Å². The van der Waals surface area contributed by atoms with Crippen molar-refractivity contribution in [1.29, 1.82) is 0 Å². The molecule has 0 radical (unpaired) electrons. The molecule has 0 unspecified atom stereocenters. The number of fused-ring (bicyclic) bond motifs is 5. The molecule has 0 saturated carbocycles. The van der Waals surface area contributed by atoms with E-state index in [1.54, 1.807) is 24.7 Å². The molecule has 166 valence electrons. The number of methoxy groups -OCH3 is 1. The summed E-state index contributed by atoms with van der Waals surface area (Å²) in [6, 6.07) is 5.30. The number of nitrogens with zero attached hydrogens (tertiary/aromatic N) is 2. The lowest BCUT2D eigenvalue weighted by Gasteiger charge is -2.31. The van der Waals surface area contributed by atoms with Gasteiger partial charge < -0.3 is 24.9 Å². The summed E-state index contributed by atoms with van der Waals surface area (Å²) in [6.07, 6.45) is 0.0985. The highest BCUT2D eigenvalue weighted by Gasteiger charge is 2.45. The van der Waals surface area contributed by atoms with Gasteiger partial charge in [0.15, 0.2) is 5.60 Å². The molecule has 0 bridgehead atoms. The molecule has 5 rings (SSSR count). The number of ether oxygens (including phenoxy) is 2. The van der Waals surface area contributed by atoms with E-state index in [4.69, 9.17) is 20.2 Å². The first-order valence-corrected chi connectivity index (χ1v) is 10.6. The Hall–Kier alpha value is -3.23. The van der Waals surface area contributed by atoms with Gasteiger partial charge in [-0.05, 0) is 43.5 Å². The quantitative estimate of drug-likeness (QED) is 0.475. The summed E-state index contributed by atoms with van der Waals surface area (Å²) < 4.78 is 12.2. The lowest BCUT2D eigenvalue weighted by Crippen LogP contribution is -2.44. The molecule has 32 heavy (non-hydrogen) atoms. The van der Waals surface area contributed by atoms with Gasteiger partial charge in [0.25, 0.3) is 5.56 Å². The smallest absolute Gasteiger partial charge is 0.343 e. The number of nitrogens with two attached hydrogens (primary N) is 1. The lowest BCUT2D eigenvalue weighted by molar-refractivity contribution is -0.172. The van der Waals surface area contributed by atoms with Crippen molar-refractivity contribution < 1.29 is 19.4 Å². The minimum absolute atomic E-state index is 0.0985. The summed E-state index contributed by atoms with van der Waals surface area (Å²) in [5, 5.41) is 12.0. The van der Waals surface area contributed by atoms with Crippen molar-refractivity contribution in [2.45, 2.75) is 52.0 Å². The Morgan fingerprint density at radius 2 is 2.06 bits per heavy atom. The van der Waals surface area contributed by atoms with Gasteiger partial charge in [-0.15, -0.1) is 0 Å². The van der Waals surface area contributed by atoms with Gasteiger partial charge in [-0.2, -0.15) is 0 Å². The van der Waals surface area contributed by atoms with Crippen molar-refractivity contribution in [3.63, 3.8) is 0 Å². The van der Waals surface area contributed by atoms with Gasteiger partial charge in [0.05, 0.1) is 36.1 Å². The van der Waals surface area contributed by atoms with Crippen molar-refractivity contribution in [2.24, 2.45) is 5.73 Å². The molecule has 2 aliphatic rings. The molecule has 1 aromatic carbocycles. The zero-order chi connectivity index (χ0) is 22.9. The molecule has 4 heterocycles. The Morgan fingerprint density at radius 3 is 2.72 bits per heavy atom. The Morgan fingerprint density at radius 1 is 1.31 bits per heavy atom. The second-order valence-electron chi connectivity index (χ2n) is 8.58. The van der Waals surface area contributed by atoms with Crippen molar-refractivity contribution in [1.82, 2.24) is 9.55 Å². The first kappa shape index (κ1) is 20.7. The Balaban J connectivity index is 1.85. The van der Waals surface area contributed by atoms with Crippen LogP contribution in [0.15, 0.2) is 23.0 Å². The molecule has 0 fully saturated rings. The molecule has 8 nitrogen and oxygen atoms in total. The largest absolute Gasteiger partial charge is 0.496 e. The number of carbonyl (C=O) groups excluding carboxylic acids is 1. The summed E-state index contributed by atoms with van der Waals surface area (Å²) in [5.74, 6) is -0.0254. The van der Waals surface area contributed by atoms with E-state index in [-0.39, 0.29) is 24.6 Å². The highest BCUT2D eigenvalue weighted by molar-refractivity contribution is 5.91. The van der Waals surface area contributed by atoms with Gasteiger partial charge in [0, 0.05) is 28.6 Å². The summed E-state index contributed by atoms with van der Waals surface area (Å²) in [5.41, 5.74) is 9.53. The Bertz CT molecular complexity index is 1370. The molecule has 0 spiro atoms. The van der Waals surface area contributed by atoms with Crippen molar-refractivity contribution in [2.75, 3.05) is 7.11 Å². The normalized spacial score (nSPS) is 19.9. The second-order valence-corrected chi connectivity index (χ2v) is 8.58. The maximum absolute atomic E-state index is 13.4. The Kier molecular flexibility index (Phi) is 4.44. The number of aliphatic hydroxyl groups is 1. The maximum Gasteiger partial charge on any atom is 0.343 e. The fourth-order valence-corrected chi connectivity index (χ4v) is 4.99. The maximum atomic E-state index is 13.4. The van der Waals surface area contributed by atoms with Crippen LogP contribution in [-0.4, -0.2) is 27.7 Å². The van der Waals surface area contributed by atoms with Crippen LogP contribution in [0.5, 0.6) is 5.75 Å². The minimum atomic E-state index is -1.85. The molecule has 2 aliphatic heterocycles. The van der Waals surface area contributed by atoms with Gasteiger partial charge in [0.1, 0.15) is 12.4 Å². The molecule has 0 amide bonds. The molecule has 3 N–H and O–H groups in total. The lowest BCUT2D eigenvalue weighted by atomic mass is 9.86. The molecular weight excluding hydrogens is 410 g/mol. The third-order valence-electron chi connectivity index (χ3n) is 6.70. The molecule has 8 heteroatoms. The monoisotopic (exact) mass is 435 g/mol. The van der Waals surface area contributed by atoms with E-state index in [0.717, 1.165) is 22.1 Å². The number of pyridine rings is 2. The summed E-state index contributed by atoms with van der Waals surface area (Å²) in [7, 11) is 1.61. The van der Waals surface area contributed by atoms with E-state index in [1.807, 2.05) is 26.0 Å². The number of cyclic esters (lactones) is 1. The fourth-order valence-electron chi connectivity index (χ4n) is 4.99. The van der Waals surface area contributed by atoms with Gasteiger partial charge in [-0.25, -0.2) is 9.78 Å². The van der Waals surface area contributed by atoms with Crippen LogP contribution >= 0.6 is 0 Å². The third-order valence-corrected chi connectivity index (χ3v) is 6.70. The van der Waals surface area contributed by atoms with Crippen LogP contribution in [-0.2, 0) is 28.3 Å². The van der Waals surface area contributed by atoms with Gasteiger partial charge in [-0.3, -0.25) is 4.79 Å². The SMILES string of the molecule is CC[C@@]1(O)C(=O)OCc2c1cc1n(c2=O)Cc2c-1nc1cc(OC)c(C)cc1c2[C@@H](C)N. The number of aryl methyl sites for hydroxylation is 1. The van der Waals surface area contributed by atoms with E-state index in [1.165, 1.54) is 0 Å². The van der Waals surface area contributed by atoms with E-state index in [9.17, 15) is 14.7 Å². The molecule has 3 aromatic rings. The topological polar surface area (TPSA) is 117 Å². The van der Waals surface area contributed by atoms with Crippen LogP contribution < -0.4 is 16.0 Å². The summed E-state index contributed by atoms with van der Waals surface area (Å²) in [4.78, 5) is 30.6. The predicted octanol–water partition coefficient (Wildman–Crippen LogP) is 2.42. The standard InChI is InChI=1S/C24H25N3O5/c1-5-24(30)16-7-18-21-14(9-27(18)22(28)15(16)10-32-23(24)29)20(12(3)25)13-6-11(2)19(31-4)8-17(13)26-21/h6-8,12,30H,5,9-10,25H2,1-4H3/t12-,24+/m1/s1. The van der Waals surface area contributed by atoms with E-state index < -0.39 is 11.6 Å². The molecule has 2 atom stereocenters. The number of hydrogen-bond acceptors (Lipinski definition) is 7. The number of esters is 1. The van der Waals surface area contributed by atoms with Crippen LogP contribution in [0.1, 0.15) is 54.1 Å². The zero-order valence-corrected chi connectivity index (χ0v) is 18.5. The number of benzene rings is 1. The van der Waals surface area contributed by atoms with E-state index in [0.29, 0.717) is 40.3 Å². The average molecular weight is 435 g/mol. The van der Waals surface area contributed by atoms with Gasteiger partial charge in [-0.1, -0.05) is 6.92 Å². The first-order valence-electron chi connectivity index (χ1n) is 10.6. The van der Waals surface area contributed by atoms with Crippen LogP contribution in [0, 0.1) is 6.92 Å². The van der Waals surface area contributed by atoms with Gasteiger partial charge >= 0.3 is 5.97 Å². The number of carbonyl (C=O) groups is 1. The zero-order valence-electron chi connectivity index (χ0n) is 18.5. The van der Waals surface area contributed by atoms with E-state index >= 15 is 0 Å². The van der Waals surface area contributed by atoms with Crippen molar-refractivity contribution >= 4 is 16.9 Å². The molecular formula is C24H25N3O5. The van der Waals surface area contributed by atoms with Crippen LogP contribution in [0.25, 0.3) is 22.3 Å².